The molecule has 1 aromatic carbocycles. The van der Waals surface area contributed by atoms with Crippen LogP contribution in [0.15, 0.2) is 39.6 Å². The van der Waals surface area contributed by atoms with Crippen molar-refractivity contribution in [3.63, 3.8) is 0 Å². The number of hydrogen-bond donors (Lipinski definition) is 1. The second kappa shape index (κ2) is 10.1. The highest BCUT2D eigenvalue weighted by molar-refractivity contribution is 8.26. The fourth-order valence-corrected chi connectivity index (χ4v) is 5.39. The predicted octanol–water partition coefficient (Wildman–Crippen LogP) is 4.27. The van der Waals surface area contributed by atoms with E-state index < -0.39 is 0 Å². The van der Waals surface area contributed by atoms with E-state index >= 15 is 0 Å². The van der Waals surface area contributed by atoms with Crippen LogP contribution in [0.3, 0.4) is 0 Å². The fourth-order valence-electron chi connectivity index (χ4n) is 2.41. The second-order valence-electron chi connectivity index (χ2n) is 5.70. The van der Waals surface area contributed by atoms with Gasteiger partial charge in [0.1, 0.15) is 4.32 Å². The maximum atomic E-state index is 12.6. The normalized spacial score (nSPS) is 15.5. The molecule has 0 atom stereocenters. The summed E-state index contributed by atoms with van der Waals surface area (Å²) in [6.07, 6.45) is 2.64. The van der Waals surface area contributed by atoms with Gasteiger partial charge in [-0.2, -0.15) is 0 Å². The molecule has 28 heavy (non-hydrogen) atoms. The largest absolute Gasteiger partial charge is 0.301 e. The molecule has 1 saturated heterocycles. The van der Waals surface area contributed by atoms with Crippen molar-refractivity contribution in [1.29, 1.82) is 0 Å². The Morgan fingerprint density at radius 2 is 2.11 bits per heavy atom. The van der Waals surface area contributed by atoms with Crippen molar-refractivity contribution >= 4 is 74.4 Å². The molecular weight excluding hydrogens is 432 g/mol. The van der Waals surface area contributed by atoms with Crippen molar-refractivity contribution in [2.24, 2.45) is 0 Å². The van der Waals surface area contributed by atoms with E-state index in [0.717, 1.165) is 15.7 Å². The molecular formula is C18H18N4O2S4. The molecule has 10 heteroatoms. The Morgan fingerprint density at radius 1 is 1.32 bits per heavy atom. The van der Waals surface area contributed by atoms with Gasteiger partial charge >= 0.3 is 0 Å². The highest BCUT2D eigenvalue weighted by Gasteiger charge is 2.31. The van der Waals surface area contributed by atoms with Gasteiger partial charge in [0, 0.05) is 13.0 Å². The van der Waals surface area contributed by atoms with Crippen molar-refractivity contribution < 1.29 is 9.59 Å². The zero-order valence-corrected chi connectivity index (χ0v) is 18.3. The van der Waals surface area contributed by atoms with Crippen LogP contribution in [-0.4, -0.2) is 43.5 Å². The minimum absolute atomic E-state index is 0.107. The van der Waals surface area contributed by atoms with Crippen LogP contribution in [-0.2, 0) is 9.59 Å². The predicted molar refractivity (Wildman–Crippen MR) is 120 cm³/mol. The standard InChI is InChI=1S/C18H18N4O2S4/c1-2-26-17-21-20-16(28-17)19-14(23)9-6-10-22-15(24)13(27-18(22)25)11-12-7-4-3-5-8-12/h3-5,7-8,11H,2,6,9-10H2,1H3,(H,19,20,23)/b13-11-. The molecule has 0 unspecified atom stereocenters. The van der Waals surface area contributed by atoms with Crippen LogP contribution >= 0.6 is 47.1 Å². The topological polar surface area (TPSA) is 75.2 Å². The summed E-state index contributed by atoms with van der Waals surface area (Å²) in [4.78, 5) is 26.8. The number of thioether (sulfide) groups is 2. The number of carbonyl (C=O) groups is 2. The molecule has 146 valence electrons. The van der Waals surface area contributed by atoms with Gasteiger partial charge in [-0.1, -0.05) is 84.3 Å². The van der Waals surface area contributed by atoms with Gasteiger partial charge in [-0.25, -0.2) is 0 Å². The minimum atomic E-state index is -0.144. The first kappa shape index (κ1) is 21.0. The van der Waals surface area contributed by atoms with Crippen molar-refractivity contribution in [2.75, 3.05) is 17.6 Å². The number of thiocarbonyl (C=S) groups is 1. The lowest BCUT2D eigenvalue weighted by Gasteiger charge is -2.13. The molecule has 1 aliphatic rings. The summed E-state index contributed by atoms with van der Waals surface area (Å²) in [5.74, 6) is 0.657. The lowest BCUT2D eigenvalue weighted by molar-refractivity contribution is -0.122. The molecule has 0 saturated carbocycles. The highest BCUT2D eigenvalue weighted by Crippen LogP contribution is 2.32. The Bertz CT molecular complexity index is 898. The lowest BCUT2D eigenvalue weighted by Crippen LogP contribution is -2.29. The van der Waals surface area contributed by atoms with E-state index in [2.05, 4.69) is 15.5 Å². The van der Waals surface area contributed by atoms with E-state index in [-0.39, 0.29) is 18.2 Å². The molecule has 0 spiro atoms. The van der Waals surface area contributed by atoms with E-state index in [4.69, 9.17) is 12.2 Å². The van der Waals surface area contributed by atoms with Crippen LogP contribution in [0.1, 0.15) is 25.3 Å². The van der Waals surface area contributed by atoms with Crippen molar-refractivity contribution in [2.45, 2.75) is 24.1 Å². The zero-order valence-electron chi connectivity index (χ0n) is 15.1. The van der Waals surface area contributed by atoms with Gasteiger partial charge in [0.25, 0.3) is 5.91 Å². The van der Waals surface area contributed by atoms with Crippen LogP contribution in [0, 0.1) is 0 Å². The number of amides is 2. The van der Waals surface area contributed by atoms with Crippen molar-refractivity contribution in [3.05, 3.63) is 40.8 Å². The third-order valence-corrected chi connectivity index (χ3v) is 6.91. The molecule has 0 radical (unpaired) electrons. The van der Waals surface area contributed by atoms with Crippen LogP contribution in [0.5, 0.6) is 0 Å². The minimum Gasteiger partial charge on any atom is -0.301 e. The number of hydrogen-bond acceptors (Lipinski definition) is 8. The molecule has 2 amide bonds. The van der Waals surface area contributed by atoms with Gasteiger partial charge in [0.05, 0.1) is 4.91 Å². The quantitative estimate of drug-likeness (QED) is 0.279. The first-order valence-electron chi connectivity index (χ1n) is 8.63. The summed E-state index contributed by atoms with van der Waals surface area (Å²) in [7, 11) is 0. The van der Waals surface area contributed by atoms with E-state index in [9.17, 15) is 9.59 Å². The Balaban J connectivity index is 1.48. The Hall–Kier alpha value is -1.75. The smallest absolute Gasteiger partial charge is 0.266 e. The number of aromatic nitrogens is 2. The van der Waals surface area contributed by atoms with Gasteiger partial charge in [-0.3, -0.25) is 14.5 Å². The average molecular weight is 451 g/mol. The Labute approximate surface area is 181 Å². The summed E-state index contributed by atoms with van der Waals surface area (Å²) in [5.41, 5.74) is 0.958. The van der Waals surface area contributed by atoms with Crippen LogP contribution in [0.25, 0.3) is 6.08 Å². The summed E-state index contributed by atoms with van der Waals surface area (Å²) >= 11 is 9.57. The zero-order chi connectivity index (χ0) is 19.9. The van der Waals surface area contributed by atoms with Crippen LogP contribution in [0.4, 0.5) is 5.13 Å². The highest BCUT2D eigenvalue weighted by atomic mass is 32.2. The van der Waals surface area contributed by atoms with E-state index in [1.165, 1.54) is 23.1 Å². The Morgan fingerprint density at radius 3 is 2.86 bits per heavy atom. The second-order valence-corrected chi connectivity index (χ2v) is 9.87. The molecule has 1 aromatic heterocycles. The SMILES string of the molecule is CCSc1nnc(NC(=O)CCCN2C(=O)/C(=C/c3ccccc3)SC2=S)s1. The molecule has 0 aliphatic carbocycles. The molecule has 1 fully saturated rings. The lowest BCUT2D eigenvalue weighted by atomic mass is 10.2. The van der Waals surface area contributed by atoms with Crippen molar-refractivity contribution in [3.8, 4) is 0 Å². The van der Waals surface area contributed by atoms with E-state index in [0.29, 0.717) is 27.3 Å². The number of anilines is 1. The molecule has 2 heterocycles. The monoisotopic (exact) mass is 450 g/mol. The van der Waals surface area contributed by atoms with E-state index in [1.54, 1.807) is 16.7 Å². The summed E-state index contributed by atoms with van der Waals surface area (Å²) in [5, 5.41) is 11.2. The maximum absolute atomic E-state index is 12.6. The third-order valence-electron chi connectivity index (χ3n) is 3.68. The maximum Gasteiger partial charge on any atom is 0.266 e. The van der Waals surface area contributed by atoms with E-state index in [1.807, 2.05) is 43.3 Å². The molecule has 6 nitrogen and oxygen atoms in total. The van der Waals surface area contributed by atoms with Gasteiger partial charge in [-0.15, -0.1) is 10.2 Å². The molecule has 1 aliphatic heterocycles. The summed E-state index contributed by atoms with van der Waals surface area (Å²) in [6, 6.07) is 9.66. The third kappa shape index (κ3) is 5.63. The molecule has 3 rings (SSSR count). The molecule has 2 aromatic rings. The summed E-state index contributed by atoms with van der Waals surface area (Å²) in [6.45, 7) is 2.45. The summed E-state index contributed by atoms with van der Waals surface area (Å²) < 4.78 is 1.36. The van der Waals surface area contributed by atoms with Crippen molar-refractivity contribution in [1.82, 2.24) is 15.1 Å². The van der Waals surface area contributed by atoms with Gasteiger partial charge in [-0.05, 0) is 23.8 Å². The average Bonchev–Trinajstić information content (AvgIpc) is 3.22. The first-order valence-corrected chi connectivity index (χ1v) is 11.7. The fraction of sp³-hybridized carbons (Fsp3) is 0.278. The van der Waals surface area contributed by atoms with Gasteiger partial charge in [0.2, 0.25) is 11.0 Å². The first-order chi connectivity index (χ1) is 13.6. The molecule has 1 N–H and O–H groups in total. The van der Waals surface area contributed by atoms with Gasteiger partial charge < -0.3 is 5.32 Å². The number of carbonyl (C=O) groups excluding carboxylic acids is 2. The molecule has 0 bridgehead atoms. The number of nitrogens with zero attached hydrogens (tertiary/aromatic N) is 3. The van der Waals surface area contributed by atoms with Crippen LogP contribution < -0.4 is 5.32 Å². The van der Waals surface area contributed by atoms with Gasteiger partial charge in [0.15, 0.2) is 4.34 Å². The van der Waals surface area contributed by atoms with Crippen LogP contribution in [0.2, 0.25) is 0 Å². The number of rotatable bonds is 8. The number of nitrogens with one attached hydrogen (secondary N) is 1. The Kier molecular flexibility index (Phi) is 7.60. The number of benzene rings is 1.